The largest absolute Gasteiger partial charge is 0.360 e. The number of rotatable bonds is 5. The Hall–Kier alpha value is -3.03. The van der Waals surface area contributed by atoms with Gasteiger partial charge in [0.25, 0.3) is 5.69 Å². The monoisotopic (exact) mass is 288 g/mol. The van der Waals surface area contributed by atoms with Gasteiger partial charge in [-0.3, -0.25) is 20.2 Å². The number of hydrogen-bond acceptors (Lipinski definition) is 6. The summed E-state index contributed by atoms with van der Waals surface area (Å²) in [5, 5.41) is 24.6. The van der Waals surface area contributed by atoms with E-state index in [1.807, 2.05) is 0 Å². The van der Waals surface area contributed by atoms with E-state index in [-0.39, 0.29) is 23.7 Å². The lowest BCUT2D eigenvalue weighted by atomic mass is 10.1. The van der Waals surface area contributed by atoms with Crippen LogP contribution in [0.15, 0.2) is 36.5 Å². The molecule has 0 unspecified atom stereocenters. The molecule has 0 atom stereocenters. The Balaban J connectivity index is 2.23. The number of hydrogen-bond donors (Lipinski definition) is 1. The summed E-state index contributed by atoms with van der Waals surface area (Å²) in [7, 11) is 0. The van der Waals surface area contributed by atoms with Crippen molar-refractivity contribution >= 4 is 17.2 Å². The molecule has 2 aromatic rings. The average molecular weight is 288 g/mol. The molecule has 8 heteroatoms. The fourth-order valence-electron chi connectivity index (χ4n) is 1.92. The molecule has 0 aliphatic carbocycles. The SMILES string of the molecule is Cc1c(CNc2ncccc2[N+](=O)[O-])cccc1[N+](=O)[O-]. The lowest BCUT2D eigenvalue weighted by Crippen LogP contribution is -2.06. The van der Waals surface area contributed by atoms with Gasteiger partial charge in [0.05, 0.1) is 9.85 Å². The first-order chi connectivity index (χ1) is 10.0. The Kier molecular flexibility index (Phi) is 4.07. The van der Waals surface area contributed by atoms with E-state index >= 15 is 0 Å². The van der Waals surface area contributed by atoms with Crippen molar-refractivity contribution in [1.82, 2.24) is 4.98 Å². The van der Waals surface area contributed by atoms with Gasteiger partial charge in [-0.05, 0) is 18.6 Å². The standard InChI is InChI=1S/C13H12N4O4/c1-9-10(4-2-5-11(9)16(18)19)8-15-13-12(17(20)21)6-3-7-14-13/h2-7H,8H2,1H3,(H,14,15). The molecule has 0 saturated heterocycles. The zero-order valence-corrected chi connectivity index (χ0v) is 11.1. The van der Waals surface area contributed by atoms with Gasteiger partial charge in [0, 0.05) is 30.4 Å². The number of nitrogens with one attached hydrogen (secondary N) is 1. The van der Waals surface area contributed by atoms with E-state index in [9.17, 15) is 20.2 Å². The van der Waals surface area contributed by atoms with Crippen LogP contribution in [0, 0.1) is 27.2 Å². The minimum Gasteiger partial charge on any atom is -0.360 e. The lowest BCUT2D eigenvalue weighted by Gasteiger charge is -2.08. The smallest absolute Gasteiger partial charge is 0.311 e. The zero-order chi connectivity index (χ0) is 15.4. The van der Waals surface area contributed by atoms with E-state index in [2.05, 4.69) is 10.3 Å². The van der Waals surface area contributed by atoms with Crippen LogP contribution in [0.25, 0.3) is 0 Å². The van der Waals surface area contributed by atoms with E-state index in [1.165, 1.54) is 24.4 Å². The molecule has 0 saturated carbocycles. The van der Waals surface area contributed by atoms with E-state index < -0.39 is 9.85 Å². The molecule has 0 fully saturated rings. The third-order valence-electron chi connectivity index (χ3n) is 3.04. The Labute approximate surface area is 119 Å². The maximum atomic E-state index is 10.9. The maximum absolute atomic E-state index is 10.9. The Morgan fingerprint density at radius 3 is 2.43 bits per heavy atom. The normalized spacial score (nSPS) is 10.1. The average Bonchev–Trinajstić information content (AvgIpc) is 2.46. The maximum Gasteiger partial charge on any atom is 0.311 e. The summed E-state index contributed by atoms with van der Waals surface area (Å²) in [4.78, 5) is 24.7. The second kappa shape index (κ2) is 5.95. The van der Waals surface area contributed by atoms with Crippen molar-refractivity contribution in [2.75, 3.05) is 5.32 Å². The van der Waals surface area contributed by atoms with Crippen molar-refractivity contribution in [3.8, 4) is 0 Å². The predicted molar refractivity (Wildman–Crippen MR) is 76.1 cm³/mol. The zero-order valence-electron chi connectivity index (χ0n) is 11.1. The highest BCUT2D eigenvalue weighted by Crippen LogP contribution is 2.24. The second-order valence-corrected chi connectivity index (χ2v) is 4.30. The molecule has 2 rings (SSSR count). The summed E-state index contributed by atoms with van der Waals surface area (Å²) >= 11 is 0. The van der Waals surface area contributed by atoms with Crippen LogP contribution >= 0.6 is 0 Å². The van der Waals surface area contributed by atoms with Gasteiger partial charge in [0.1, 0.15) is 0 Å². The van der Waals surface area contributed by atoms with Crippen LogP contribution in [0.5, 0.6) is 0 Å². The fourth-order valence-corrected chi connectivity index (χ4v) is 1.92. The number of benzene rings is 1. The van der Waals surface area contributed by atoms with E-state index in [0.29, 0.717) is 11.1 Å². The van der Waals surface area contributed by atoms with Gasteiger partial charge >= 0.3 is 5.69 Å². The van der Waals surface area contributed by atoms with Crippen LogP contribution in [-0.2, 0) is 6.54 Å². The van der Waals surface area contributed by atoms with Crippen molar-refractivity contribution in [2.45, 2.75) is 13.5 Å². The number of pyridine rings is 1. The topological polar surface area (TPSA) is 111 Å². The molecular formula is C13H12N4O4. The molecule has 8 nitrogen and oxygen atoms in total. The molecule has 1 N–H and O–H groups in total. The van der Waals surface area contributed by atoms with Crippen LogP contribution in [0.3, 0.4) is 0 Å². The van der Waals surface area contributed by atoms with Gasteiger partial charge in [-0.25, -0.2) is 4.98 Å². The minimum atomic E-state index is -0.532. The molecule has 0 bridgehead atoms. The van der Waals surface area contributed by atoms with Gasteiger partial charge in [0.15, 0.2) is 0 Å². The molecule has 1 aromatic heterocycles. The van der Waals surface area contributed by atoms with Crippen LogP contribution in [0.1, 0.15) is 11.1 Å². The molecule has 0 aliphatic rings. The molecule has 1 heterocycles. The highest BCUT2D eigenvalue weighted by molar-refractivity contribution is 5.56. The second-order valence-electron chi connectivity index (χ2n) is 4.30. The number of nitro groups is 2. The number of anilines is 1. The molecule has 0 aliphatic heterocycles. The van der Waals surface area contributed by atoms with Crippen molar-refractivity contribution in [1.29, 1.82) is 0 Å². The molecular weight excluding hydrogens is 276 g/mol. The third-order valence-corrected chi connectivity index (χ3v) is 3.04. The molecule has 0 amide bonds. The van der Waals surface area contributed by atoms with Crippen molar-refractivity contribution < 1.29 is 9.85 Å². The minimum absolute atomic E-state index is 0.0184. The first-order valence-corrected chi connectivity index (χ1v) is 6.07. The van der Waals surface area contributed by atoms with Crippen LogP contribution < -0.4 is 5.32 Å². The van der Waals surface area contributed by atoms with E-state index in [1.54, 1.807) is 19.1 Å². The number of nitrogens with zero attached hydrogens (tertiary/aromatic N) is 3. The van der Waals surface area contributed by atoms with Crippen molar-refractivity contribution in [3.63, 3.8) is 0 Å². The first kappa shape index (κ1) is 14.4. The lowest BCUT2D eigenvalue weighted by molar-refractivity contribution is -0.385. The number of nitro benzene ring substituents is 1. The predicted octanol–water partition coefficient (Wildman–Crippen LogP) is 2.82. The van der Waals surface area contributed by atoms with E-state index in [4.69, 9.17) is 0 Å². The summed E-state index contributed by atoms with van der Waals surface area (Å²) < 4.78 is 0. The summed E-state index contributed by atoms with van der Waals surface area (Å²) in [6, 6.07) is 7.54. The number of aromatic nitrogens is 1. The Morgan fingerprint density at radius 2 is 1.76 bits per heavy atom. The Morgan fingerprint density at radius 1 is 1.10 bits per heavy atom. The van der Waals surface area contributed by atoms with Gasteiger partial charge in [-0.2, -0.15) is 0 Å². The van der Waals surface area contributed by atoms with Gasteiger partial charge in [-0.1, -0.05) is 12.1 Å². The highest BCUT2D eigenvalue weighted by atomic mass is 16.6. The van der Waals surface area contributed by atoms with Crippen LogP contribution in [-0.4, -0.2) is 14.8 Å². The van der Waals surface area contributed by atoms with Crippen molar-refractivity contribution in [3.05, 3.63) is 67.9 Å². The molecule has 21 heavy (non-hydrogen) atoms. The molecule has 1 aromatic carbocycles. The van der Waals surface area contributed by atoms with Crippen LogP contribution in [0.2, 0.25) is 0 Å². The summed E-state index contributed by atoms with van der Waals surface area (Å²) in [5.41, 5.74) is 1.09. The first-order valence-electron chi connectivity index (χ1n) is 6.07. The van der Waals surface area contributed by atoms with Crippen molar-refractivity contribution in [2.24, 2.45) is 0 Å². The molecule has 0 radical (unpaired) electrons. The summed E-state index contributed by atoms with van der Waals surface area (Å²) in [5.74, 6) is 0.133. The fraction of sp³-hybridized carbons (Fsp3) is 0.154. The summed E-state index contributed by atoms with van der Waals surface area (Å²) in [6.45, 7) is 1.85. The molecule has 0 spiro atoms. The molecule has 108 valence electrons. The quantitative estimate of drug-likeness (QED) is 0.668. The highest BCUT2D eigenvalue weighted by Gasteiger charge is 2.16. The summed E-state index contributed by atoms with van der Waals surface area (Å²) in [6.07, 6.45) is 1.44. The van der Waals surface area contributed by atoms with Gasteiger partial charge < -0.3 is 5.32 Å². The van der Waals surface area contributed by atoms with Gasteiger partial charge in [-0.15, -0.1) is 0 Å². The third kappa shape index (κ3) is 3.11. The van der Waals surface area contributed by atoms with E-state index in [0.717, 1.165) is 0 Å². The van der Waals surface area contributed by atoms with Crippen LogP contribution in [0.4, 0.5) is 17.2 Å². The van der Waals surface area contributed by atoms with Gasteiger partial charge in [0.2, 0.25) is 5.82 Å². The Bertz CT molecular complexity index is 702.